The van der Waals surface area contributed by atoms with Gasteiger partial charge >= 0.3 is 5.97 Å². The van der Waals surface area contributed by atoms with Crippen LogP contribution in [0.1, 0.15) is 24.0 Å². The Morgan fingerprint density at radius 2 is 1.77 bits per heavy atom. The first-order valence-corrected chi connectivity index (χ1v) is 7.97. The van der Waals surface area contributed by atoms with Crippen molar-refractivity contribution in [1.29, 1.82) is 0 Å². The van der Waals surface area contributed by atoms with Crippen LogP contribution in [-0.4, -0.2) is 17.0 Å². The van der Waals surface area contributed by atoms with Crippen LogP contribution in [-0.2, 0) is 22.4 Å². The highest BCUT2D eigenvalue weighted by molar-refractivity contribution is 5.96. The Bertz CT molecular complexity index is 679. The Balaban J connectivity index is 1.55. The maximum atomic E-state index is 12.6. The van der Waals surface area contributed by atoms with Gasteiger partial charge < -0.3 is 10.4 Å². The second-order valence-electron chi connectivity index (χ2n) is 6.66. The lowest BCUT2D eigenvalue weighted by atomic mass is 9.82. The molecule has 4 heteroatoms. The standard InChI is InChI=1S/C18H19NO3/c20-17(15-12-4-5-13(8-12)16(15)18(21)22)19-14-7-6-10-2-1-3-11(10)9-14/h4-7,9,12-13,15-16H,1-3,8H2,(H,19,20)(H,21,22)/t12-,13+,15+,16+/m1/s1. The summed E-state index contributed by atoms with van der Waals surface area (Å²) in [6.45, 7) is 0. The molecule has 0 radical (unpaired) electrons. The van der Waals surface area contributed by atoms with Crippen molar-refractivity contribution in [3.63, 3.8) is 0 Å². The van der Waals surface area contributed by atoms with Gasteiger partial charge in [-0.05, 0) is 60.8 Å². The number of carbonyl (C=O) groups is 2. The predicted molar refractivity (Wildman–Crippen MR) is 82.4 cm³/mol. The molecular weight excluding hydrogens is 278 g/mol. The van der Waals surface area contributed by atoms with Crippen molar-refractivity contribution >= 4 is 17.6 Å². The van der Waals surface area contributed by atoms with Crippen molar-refractivity contribution in [3.05, 3.63) is 41.5 Å². The number of benzene rings is 1. The Labute approximate surface area is 129 Å². The number of rotatable bonds is 3. The molecule has 1 aromatic carbocycles. The summed E-state index contributed by atoms with van der Waals surface area (Å²) in [5.74, 6) is -1.95. The first-order valence-electron chi connectivity index (χ1n) is 7.97. The van der Waals surface area contributed by atoms with E-state index in [0.717, 1.165) is 24.9 Å². The summed E-state index contributed by atoms with van der Waals surface area (Å²) in [6, 6.07) is 6.05. The second-order valence-corrected chi connectivity index (χ2v) is 6.66. The first kappa shape index (κ1) is 13.6. The van der Waals surface area contributed by atoms with Crippen molar-refractivity contribution in [2.45, 2.75) is 25.7 Å². The van der Waals surface area contributed by atoms with E-state index in [-0.39, 0.29) is 17.7 Å². The Kier molecular flexibility index (Phi) is 3.06. The molecule has 1 amide bonds. The summed E-state index contributed by atoms with van der Waals surface area (Å²) in [6.07, 6.45) is 8.11. The maximum Gasteiger partial charge on any atom is 0.307 e. The first-order chi connectivity index (χ1) is 10.6. The zero-order chi connectivity index (χ0) is 15.3. The van der Waals surface area contributed by atoms with Gasteiger partial charge in [-0.3, -0.25) is 9.59 Å². The van der Waals surface area contributed by atoms with Crippen LogP contribution in [0.25, 0.3) is 0 Å². The van der Waals surface area contributed by atoms with E-state index in [1.54, 1.807) is 0 Å². The number of allylic oxidation sites excluding steroid dienone is 2. The van der Waals surface area contributed by atoms with Crippen molar-refractivity contribution in [3.8, 4) is 0 Å². The predicted octanol–water partition coefficient (Wildman–Crippen LogP) is 2.64. The zero-order valence-electron chi connectivity index (χ0n) is 12.3. The number of anilines is 1. The highest BCUT2D eigenvalue weighted by atomic mass is 16.4. The fraction of sp³-hybridized carbons (Fsp3) is 0.444. The Hall–Kier alpha value is -2.10. The van der Waals surface area contributed by atoms with E-state index in [4.69, 9.17) is 0 Å². The molecule has 114 valence electrons. The SMILES string of the molecule is O=C(Nc1ccc2c(c1)CCC2)[C@@H]1[C@@H](C(=O)O)[C@H]2C=C[C@@H]1C2. The summed E-state index contributed by atoms with van der Waals surface area (Å²) in [7, 11) is 0. The summed E-state index contributed by atoms with van der Waals surface area (Å²) >= 11 is 0. The second kappa shape index (κ2) is 4.97. The molecule has 3 aliphatic rings. The van der Waals surface area contributed by atoms with Gasteiger partial charge in [0.15, 0.2) is 0 Å². The van der Waals surface area contributed by atoms with Crippen LogP contribution in [0.5, 0.6) is 0 Å². The molecule has 4 nitrogen and oxygen atoms in total. The fourth-order valence-corrected chi connectivity index (χ4v) is 4.39. The van der Waals surface area contributed by atoms with Crippen LogP contribution >= 0.6 is 0 Å². The molecule has 0 heterocycles. The minimum absolute atomic E-state index is 0.0123. The molecule has 0 unspecified atom stereocenters. The van der Waals surface area contributed by atoms with Crippen molar-refractivity contribution < 1.29 is 14.7 Å². The number of aryl methyl sites for hydroxylation is 2. The minimum Gasteiger partial charge on any atom is -0.481 e. The topological polar surface area (TPSA) is 66.4 Å². The number of hydrogen-bond acceptors (Lipinski definition) is 2. The van der Waals surface area contributed by atoms with E-state index in [0.29, 0.717) is 0 Å². The van der Waals surface area contributed by atoms with Gasteiger partial charge in [-0.15, -0.1) is 0 Å². The fourth-order valence-electron chi connectivity index (χ4n) is 4.39. The van der Waals surface area contributed by atoms with Gasteiger partial charge in [0.2, 0.25) is 5.91 Å². The highest BCUT2D eigenvalue weighted by Gasteiger charge is 2.51. The van der Waals surface area contributed by atoms with Gasteiger partial charge in [-0.25, -0.2) is 0 Å². The molecule has 0 saturated heterocycles. The summed E-state index contributed by atoms with van der Waals surface area (Å²) in [5.41, 5.74) is 3.46. The van der Waals surface area contributed by atoms with Crippen LogP contribution < -0.4 is 5.32 Å². The van der Waals surface area contributed by atoms with Gasteiger partial charge in [0.25, 0.3) is 0 Å². The highest BCUT2D eigenvalue weighted by Crippen LogP contribution is 2.48. The van der Waals surface area contributed by atoms with E-state index in [2.05, 4.69) is 11.4 Å². The van der Waals surface area contributed by atoms with E-state index in [1.807, 2.05) is 24.3 Å². The number of carboxylic acid groups (broad SMARTS) is 1. The van der Waals surface area contributed by atoms with Crippen molar-refractivity contribution in [1.82, 2.24) is 0 Å². The molecule has 0 aromatic heterocycles. The van der Waals surface area contributed by atoms with Crippen LogP contribution in [0.2, 0.25) is 0 Å². The lowest BCUT2D eigenvalue weighted by molar-refractivity contribution is -0.146. The number of carboxylic acids is 1. The molecule has 1 saturated carbocycles. The lowest BCUT2D eigenvalue weighted by Gasteiger charge is -2.24. The quantitative estimate of drug-likeness (QED) is 0.843. The third kappa shape index (κ3) is 2.05. The average Bonchev–Trinajstić information content (AvgIpc) is 3.20. The lowest BCUT2D eigenvalue weighted by Crippen LogP contribution is -2.36. The minimum atomic E-state index is -0.856. The number of amides is 1. The van der Waals surface area contributed by atoms with Crippen LogP contribution in [0.4, 0.5) is 5.69 Å². The van der Waals surface area contributed by atoms with Gasteiger partial charge in [0, 0.05) is 5.69 Å². The van der Waals surface area contributed by atoms with E-state index in [1.165, 1.54) is 17.5 Å². The number of nitrogens with one attached hydrogen (secondary N) is 1. The number of hydrogen-bond donors (Lipinski definition) is 2. The molecule has 0 aliphatic heterocycles. The van der Waals surface area contributed by atoms with E-state index < -0.39 is 17.8 Å². The zero-order valence-corrected chi connectivity index (χ0v) is 12.3. The van der Waals surface area contributed by atoms with Gasteiger partial charge in [-0.1, -0.05) is 18.2 Å². The molecule has 2 N–H and O–H groups in total. The van der Waals surface area contributed by atoms with Crippen molar-refractivity contribution in [2.75, 3.05) is 5.32 Å². The molecule has 22 heavy (non-hydrogen) atoms. The molecule has 4 rings (SSSR count). The smallest absolute Gasteiger partial charge is 0.307 e. The largest absolute Gasteiger partial charge is 0.481 e. The molecule has 1 fully saturated rings. The Morgan fingerprint density at radius 1 is 1.05 bits per heavy atom. The third-order valence-electron chi connectivity index (χ3n) is 5.41. The number of fused-ring (bicyclic) bond motifs is 3. The summed E-state index contributed by atoms with van der Waals surface area (Å²) in [5, 5.41) is 12.4. The van der Waals surface area contributed by atoms with Crippen LogP contribution in [0.15, 0.2) is 30.4 Å². The average molecular weight is 297 g/mol. The van der Waals surface area contributed by atoms with E-state index >= 15 is 0 Å². The van der Waals surface area contributed by atoms with Crippen LogP contribution in [0, 0.1) is 23.7 Å². The Morgan fingerprint density at radius 3 is 2.55 bits per heavy atom. The molecule has 0 spiro atoms. The molecular formula is C18H19NO3. The van der Waals surface area contributed by atoms with Crippen LogP contribution in [0.3, 0.4) is 0 Å². The molecule has 4 atom stereocenters. The van der Waals surface area contributed by atoms with E-state index in [9.17, 15) is 14.7 Å². The van der Waals surface area contributed by atoms with Gasteiger partial charge in [0.1, 0.15) is 0 Å². The molecule has 3 aliphatic carbocycles. The summed E-state index contributed by atoms with van der Waals surface area (Å²) in [4.78, 5) is 24.1. The molecule has 1 aromatic rings. The summed E-state index contributed by atoms with van der Waals surface area (Å²) < 4.78 is 0. The van der Waals surface area contributed by atoms with Crippen molar-refractivity contribution in [2.24, 2.45) is 23.7 Å². The molecule has 2 bridgehead atoms. The van der Waals surface area contributed by atoms with Gasteiger partial charge in [-0.2, -0.15) is 0 Å². The number of carbonyl (C=O) groups excluding carboxylic acids is 1. The maximum absolute atomic E-state index is 12.6. The van der Waals surface area contributed by atoms with Gasteiger partial charge in [0.05, 0.1) is 11.8 Å². The normalized spacial score (nSPS) is 31.3. The monoisotopic (exact) mass is 297 g/mol. The number of aliphatic carboxylic acids is 1. The third-order valence-corrected chi connectivity index (χ3v) is 5.41.